The van der Waals surface area contributed by atoms with Gasteiger partial charge < -0.3 is 4.98 Å². The van der Waals surface area contributed by atoms with E-state index in [9.17, 15) is 4.79 Å². The molecule has 1 aromatic carbocycles. The van der Waals surface area contributed by atoms with Crippen molar-refractivity contribution in [2.45, 2.75) is 13.8 Å². The van der Waals surface area contributed by atoms with Crippen molar-refractivity contribution in [1.29, 1.82) is 0 Å². The number of benzene rings is 1. The van der Waals surface area contributed by atoms with Gasteiger partial charge in [0, 0.05) is 16.2 Å². The Morgan fingerprint density at radius 1 is 1.33 bits per heavy atom. The summed E-state index contributed by atoms with van der Waals surface area (Å²) in [5.74, 6) is -0.303. The molecule has 2 heterocycles. The Morgan fingerprint density at radius 2 is 2.08 bits per heavy atom. The molecular formula is C17H16BrN5O. The van der Waals surface area contributed by atoms with Crippen LogP contribution >= 0.6 is 15.9 Å². The van der Waals surface area contributed by atoms with Crippen molar-refractivity contribution in [2.24, 2.45) is 5.10 Å². The lowest BCUT2D eigenvalue weighted by atomic mass is 10.2. The molecule has 0 spiro atoms. The van der Waals surface area contributed by atoms with Gasteiger partial charge in [-0.15, -0.1) is 0 Å². The van der Waals surface area contributed by atoms with Gasteiger partial charge >= 0.3 is 0 Å². The average molecular weight is 386 g/mol. The summed E-state index contributed by atoms with van der Waals surface area (Å²) in [4.78, 5) is 14.8. The van der Waals surface area contributed by atoms with Crippen LogP contribution in [0.5, 0.6) is 0 Å². The van der Waals surface area contributed by atoms with E-state index in [-0.39, 0.29) is 5.91 Å². The topological polar surface area (TPSA) is 75.1 Å². The van der Waals surface area contributed by atoms with Crippen molar-refractivity contribution in [3.05, 3.63) is 69.7 Å². The summed E-state index contributed by atoms with van der Waals surface area (Å²) in [5.41, 5.74) is 6.61. The molecule has 0 bridgehead atoms. The molecule has 0 atom stereocenters. The number of para-hydroxylation sites is 1. The van der Waals surface area contributed by atoms with Crippen LogP contribution in [0.3, 0.4) is 0 Å². The number of amides is 1. The van der Waals surface area contributed by atoms with Gasteiger partial charge in [-0.3, -0.25) is 4.79 Å². The van der Waals surface area contributed by atoms with E-state index in [4.69, 9.17) is 0 Å². The number of carbonyl (C=O) groups excluding carboxylic acids is 1. The summed E-state index contributed by atoms with van der Waals surface area (Å²) in [5, 5.41) is 8.58. The molecule has 24 heavy (non-hydrogen) atoms. The van der Waals surface area contributed by atoms with Crippen molar-refractivity contribution in [3.63, 3.8) is 0 Å². The Bertz CT molecular complexity index is 895. The predicted molar refractivity (Wildman–Crippen MR) is 96.6 cm³/mol. The number of aryl methyl sites for hydroxylation is 1. The standard InChI is InChI=1S/C17H16BrN5O/c1-11-15(10-20-21-17(24)16-8-13(18)9-19-16)12(2)23(22-11)14-6-4-3-5-7-14/h3-10,19H,1-2H3,(H,21,24)/b20-10-. The highest BCUT2D eigenvalue weighted by Gasteiger charge is 2.11. The molecule has 0 saturated heterocycles. The van der Waals surface area contributed by atoms with Crippen LogP contribution in [0.2, 0.25) is 0 Å². The van der Waals surface area contributed by atoms with E-state index in [1.807, 2.05) is 48.9 Å². The van der Waals surface area contributed by atoms with Crippen LogP contribution in [0.1, 0.15) is 27.4 Å². The van der Waals surface area contributed by atoms with E-state index >= 15 is 0 Å². The molecule has 0 aliphatic carbocycles. The Balaban J connectivity index is 1.78. The van der Waals surface area contributed by atoms with Crippen LogP contribution in [0.4, 0.5) is 0 Å². The highest BCUT2D eigenvalue weighted by atomic mass is 79.9. The second-order valence-electron chi connectivity index (χ2n) is 5.26. The monoisotopic (exact) mass is 385 g/mol. The van der Waals surface area contributed by atoms with Gasteiger partial charge in [-0.05, 0) is 48.0 Å². The molecule has 0 fully saturated rings. The lowest BCUT2D eigenvalue weighted by Gasteiger charge is -2.03. The zero-order valence-electron chi connectivity index (χ0n) is 13.2. The molecule has 0 aliphatic rings. The van der Waals surface area contributed by atoms with Crippen LogP contribution in [0.15, 0.2) is 52.2 Å². The normalized spacial score (nSPS) is 11.1. The highest BCUT2D eigenvalue weighted by molar-refractivity contribution is 9.10. The first-order valence-corrected chi connectivity index (χ1v) is 8.14. The van der Waals surface area contributed by atoms with Gasteiger partial charge in [-0.25, -0.2) is 10.1 Å². The third-order valence-electron chi connectivity index (χ3n) is 3.60. The molecule has 7 heteroatoms. The van der Waals surface area contributed by atoms with Gasteiger partial charge in [0.1, 0.15) is 5.69 Å². The number of H-pyrrole nitrogens is 1. The Morgan fingerprint density at radius 3 is 2.75 bits per heavy atom. The van der Waals surface area contributed by atoms with Crippen molar-refractivity contribution in [2.75, 3.05) is 0 Å². The van der Waals surface area contributed by atoms with Gasteiger partial charge in [0.15, 0.2) is 0 Å². The molecule has 0 unspecified atom stereocenters. The second-order valence-corrected chi connectivity index (χ2v) is 6.18. The fourth-order valence-corrected chi connectivity index (χ4v) is 2.72. The number of nitrogens with one attached hydrogen (secondary N) is 2. The number of hydrogen-bond donors (Lipinski definition) is 2. The van der Waals surface area contributed by atoms with E-state index in [0.29, 0.717) is 5.69 Å². The maximum Gasteiger partial charge on any atom is 0.287 e. The maximum absolute atomic E-state index is 11.9. The number of hydrogen-bond acceptors (Lipinski definition) is 3. The third kappa shape index (κ3) is 3.30. The summed E-state index contributed by atoms with van der Waals surface area (Å²) in [6.07, 6.45) is 3.31. The van der Waals surface area contributed by atoms with E-state index in [2.05, 4.69) is 36.5 Å². The molecule has 122 valence electrons. The number of hydrazone groups is 1. The summed E-state index contributed by atoms with van der Waals surface area (Å²) < 4.78 is 2.67. The minimum absolute atomic E-state index is 0.303. The smallest absolute Gasteiger partial charge is 0.287 e. The summed E-state index contributed by atoms with van der Waals surface area (Å²) >= 11 is 3.29. The van der Waals surface area contributed by atoms with E-state index in [1.54, 1.807) is 18.5 Å². The molecule has 3 aromatic rings. The molecule has 6 nitrogen and oxygen atoms in total. The highest BCUT2D eigenvalue weighted by Crippen LogP contribution is 2.16. The minimum atomic E-state index is -0.303. The quantitative estimate of drug-likeness (QED) is 0.533. The predicted octanol–water partition coefficient (Wildman–Crippen LogP) is 3.34. The maximum atomic E-state index is 11.9. The van der Waals surface area contributed by atoms with Crippen LogP contribution in [-0.4, -0.2) is 26.9 Å². The zero-order chi connectivity index (χ0) is 17.1. The van der Waals surface area contributed by atoms with Crippen LogP contribution < -0.4 is 5.43 Å². The third-order valence-corrected chi connectivity index (χ3v) is 4.06. The summed E-state index contributed by atoms with van der Waals surface area (Å²) in [6.45, 7) is 3.88. The van der Waals surface area contributed by atoms with Gasteiger partial charge in [-0.2, -0.15) is 10.2 Å². The molecule has 2 aromatic heterocycles. The molecule has 0 radical (unpaired) electrons. The van der Waals surface area contributed by atoms with Crippen molar-refractivity contribution < 1.29 is 4.79 Å². The lowest BCUT2D eigenvalue weighted by molar-refractivity contribution is 0.0951. The van der Waals surface area contributed by atoms with Gasteiger partial charge in [0.25, 0.3) is 5.91 Å². The Kier molecular flexibility index (Phi) is 4.61. The van der Waals surface area contributed by atoms with Crippen LogP contribution in [0, 0.1) is 13.8 Å². The largest absolute Gasteiger partial charge is 0.356 e. The Labute approximate surface area is 147 Å². The number of nitrogens with zero attached hydrogens (tertiary/aromatic N) is 3. The lowest BCUT2D eigenvalue weighted by Crippen LogP contribution is -2.18. The van der Waals surface area contributed by atoms with Crippen LogP contribution in [0.25, 0.3) is 5.69 Å². The summed E-state index contributed by atoms with van der Waals surface area (Å²) in [6, 6.07) is 11.6. The second kappa shape index (κ2) is 6.84. The number of rotatable bonds is 4. The van der Waals surface area contributed by atoms with E-state index < -0.39 is 0 Å². The van der Waals surface area contributed by atoms with Gasteiger partial charge in [0.2, 0.25) is 0 Å². The molecule has 0 aliphatic heterocycles. The molecule has 1 amide bonds. The number of aromatic nitrogens is 3. The zero-order valence-corrected chi connectivity index (χ0v) is 14.8. The summed E-state index contributed by atoms with van der Waals surface area (Å²) in [7, 11) is 0. The van der Waals surface area contributed by atoms with Crippen molar-refractivity contribution in [3.8, 4) is 5.69 Å². The van der Waals surface area contributed by atoms with Gasteiger partial charge in [-0.1, -0.05) is 18.2 Å². The van der Waals surface area contributed by atoms with Crippen molar-refractivity contribution >= 4 is 28.1 Å². The first kappa shape index (κ1) is 16.2. The fraction of sp³-hybridized carbons (Fsp3) is 0.118. The van der Waals surface area contributed by atoms with Crippen LogP contribution in [-0.2, 0) is 0 Å². The SMILES string of the molecule is Cc1nn(-c2ccccc2)c(C)c1/C=N\NC(=O)c1cc(Br)c[nH]1. The molecular weight excluding hydrogens is 370 g/mol. The van der Waals surface area contributed by atoms with Gasteiger partial charge in [0.05, 0.1) is 23.3 Å². The number of aromatic amines is 1. The van der Waals surface area contributed by atoms with E-state index in [0.717, 1.165) is 27.1 Å². The molecule has 3 rings (SSSR count). The fourth-order valence-electron chi connectivity index (χ4n) is 2.38. The van der Waals surface area contributed by atoms with E-state index in [1.165, 1.54) is 0 Å². The molecule has 0 saturated carbocycles. The number of carbonyl (C=O) groups is 1. The Hall–Kier alpha value is -2.67. The number of halogens is 1. The molecule has 2 N–H and O–H groups in total. The van der Waals surface area contributed by atoms with Crippen molar-refractivity contribution in [1.82, 2.24) is 20.2 Å². The minimum Gasteiger partial charge on any atom is -0.356 e. The first-order chi connectivity index (χ1) is 11.6. The first-order valence-electron chi connectivity index (χ1n) is 7.35. The average Bonchev–Trinajstić information content (AvgIpc) is 3.13.